The summed E-state index contributed by atoms with van der Waals surface area (Å²) in [5.74, 6) is 2.29. The maximum Gasteiger partial charge on any atom is 0.257 e. The Morgan fingerprint density at radius 1 is 1.19 bits per heavy atom. The van der Waals surface area contributed by atoms with Crippen molar-refractivity contribution >= 4 is 17.6 Å². The minimum atomic E-state index is 0.0107. The lowest BCUT2D eigenvalue weighted by molar-refractivity contribution is -0.119. The summed E-state index contributed by atoms with van der Waals surface area (Å²) in [6.45, 7) is 10.2. The van der Waals surface area contributed by atoms with E-state index in [1.165, 1.54) is 0 Å². The summed E-state index contributed by atoms with van der Waals surface area (Å²) in [5, 5.41) is 4.29. The number of carbonyl (C=O) groups is 2. The Bertz CT molecular complexity index is 1010. The van der Waals surface area contributed by atoms with Gasteiger partial charge in [-0.3, -0.25) is 19.2 Å². The zero-order chi connectivity index (χ0) is 22.3. The molecule has 4 heterocycles. The van der Waals surface area contributed by atoms with Crippen molar-refractivity contribution in [2.45, 2.75) is 59.3 Å². The van der Waals surface area contributed by atoms with E-state index in [9.17, 15) is 9.59 Å². The zero-order valence-corrected chi connectivity index (χ0v) is 19.2. The monoisotopic (exact) mass is 424 g/mol. The van der Waals surface area contributed by atoms with E-state index in [0.717, 1.165) is 41.4 Å². The SMILES string of the molecule is Cc1nn(C)cc1C(=O)N1CCC(c2nc(C)c3c(n2)N(CCC(C)C)C(=O)CC3)C1. The maximum atomic E-state index is 13.0. The van der Waals surface area contributed by atoms with Crippen LogP contribution in [0.5, 0.6) is 0 Å². The molecule has 0 N–H and O–H groups in total. The number of amides is 2. The molecule has 1 atom stereocenters. The van der Waals surface area contributed by atoms with E-state index in [2.05, 4.69) is 18.9 Å². The Labute approximate surface area is 183 Å². The Morgan fingerprint density at radius 3 is 2.65 bits per heavy atom. The molecule has 1 saturated heterocycles. The number of nitrogens with zero attached hydrogens (tertiary/aromatic N) is 6. The van der Waals surface area contributed by atoms with Gasteiger partial charge in [-0.05, 0) is 39.0 Å². The molecule has 0 bridgehead atoms. The molecule has 2 aliphatic rings. The van der Waals surface area contributed by atoms with Crippen LogP contribution in [0.2, 0.25) is 0 Å². The second-order valence-electron chi connectivity index (χ2n) is 9.24. The molecule has 0 saturated carbocycles. The molecule has 2 amide bonds. The molecule has 0 spiro atoms. The largest absolute Gasteiger partial charge is 0.338 e. The first-order valence-electron chi connectivity index (χ1n) is 11.2. The normalized spacial score (nSPS) is 18.8. The molecule has 2 aromatic heterocycles. The third kappa shape index (κ3) is 4.20. The first kappa shape index (κ1) is 21.5. The second kappa shape index (κ2) is 8.40. The van der Waals surface area contributed by atoms with Gasteiger partial charge in [0.15, 0.2) is 0 Å². The molecular weight excluding hydrogens is 392 g/mol. The van der Waals surface area contributed by atoms with Crippen LogP contribution in [0, 0.1) is 19.8 Å². The predicted octanol–water partition coefficient (Wildman–Crippen LogP) is 2.78. The summed E-state index contributed by atoms with van der Waals surface area (Å²) in [7, 11) is 1.83. The number of aromatic nitrogens is 4. The minimum Gasteiger partial charge on any atom is -0.338 e. The standard InChI is InChI=1S/C23H32N6O2/c1-14(2)8-11-29-20(30)7-6-18-15(3)24-21(25-22(18)29)17-9-10-28(12-17)23(31)19-13-27(5)26-16(19)4/h13-14,17H,6-12H2,1-5H3. The van der Waals surface area contributed by atoms with Gasteiger partial charge in [0, 0.05) is 56.5 Å². The number of aryl methyl sites for hydroxylation is 3. The van der Waals surface area contributed by atoms with Crippen LogP contribution in [0.1, 0.15) is 72.2 Å². The number of anilines is 1. The van der Waals surface area contributed by atoms with Crippen molar-refractivity contribution in [2.24, 2.45) is 13.0 Å². The van der Waals surface area contributed by atoms with Crippen molar-refractivity contribution < 1.29 is 9.59 Å². The predicted molar refractivity (Wildman–Crippen MR) is 118 cm³/mol. The van der Waals surface area contributed by atoms with Crippen molar-refractivity contribution in [1.82, 2.24) is 24.6 Å². The second-order valence-corrected chi connectivity index (χ2v) is 9.24. The highest BCUT2D eigenvalue weighted by atomic mass is 16.2. The van der Waals surface area contributed by atoms with Gasteiger partial charge in [-0.15, -0.1) is 0 Å². The van der Waals surface area contributed by atoms with Crippen molar-refractivity contribution in [1.29, 1.82) is 0 Å². The summed E-state index contributed by atoms with van der Waals surface area (Å²) in [4.78, 5) is 39.1. The van der Waals surface area contributed by atoms with E-state index in [0.29, 0.717) is 44.0 Å². The molecule has 0 radical (unpaired) electrons. The highest BCUT2D eigenvalue weighted by Crippen LogP contribution is 2.33. The van der Waals surface area contributed by atoms with Gasteiger partial charge in [-0.2, -0.15) is 5.10 Å². The Kier molecular flexibility index (Phi) is 5.81. The van der Waals surface area contributed by atoms with Crippen molar-refractivity contribution in [3.05, 3.63) is 34.5 Å². The summed E-state index contributed by atoms with van der Waals surface area (Å²) >= 11 is 0. The van der Waals surface area contributed by atoms with Gasteiger partial charge in [0.1, 0.15) is 11.6 Å². The van der Waals surface area contributed by atoms with Crippen LogP contribution >= 0.6 is 0 Å². The topological polar surface area (TPSA) is 84.2 Å². The van der Waals surface area contributed by atoms with Crippen molar-refractivity contribution in [3.63, 3.8) is 0 Å². The van der Waals surface area contributed by atoms with Gasteiger partial charge >= 0.3 is 0 Å². The molecule has 4 rings (SSSR count). The van der Waals surface area contributed by atoms with Crippen LogP contribution in [-0.4, -0.2) is 56.1 Å². The lowest BCUT2D eigenvalue weighted by atomic mass is 10.0. The molecule has 1 fully saturated rings. The van der Waals surface area contributed by atoms with E-state index in [-0.39, 0.29) is 17.7 Å². The quantitative estimate of drug-likeness (QED) is 0.737. The molecule has 0 aliphatic carbocycles. The van der Waals surface area contributed by atoms with E-state index in [1.54, 1.807) is 10.9 Å². The van der Waals surface area contributed by atoms with E-state index in [4.69, 9.17) is 9.97 Å². The van der Waals surface area contributed by atoms with E-state index >= 15 is 0 Å². The van der Waals surface area contributed by atoms with Crippen LogP contribution in [-0.2, 0) is 18.3 Å². The van der Waals surface area contributed by atoms with Gasteiger partial charge in [-0.1, -0.05) is 13.8 Å². The van der Waals surface area contributed by atoms with Gasteiger partial charge in [0.05, 0.1) is 11.3 Å². The summed E-state index contributed by atoms with van der Waals surface area (Å²) < 4.78 is 1.68. The zero-order valence-electron chi connectivity index (χ0n) is 19.2. The molecule has 1 unspecified atom stereocenters. The Balaban J connectivity index is 1.57. The summed E-state index contributed by atoms with van der Waals surface area (Å²) in [6.07, 6.45) is 4.77. The molecule has 2 aliphatic heterocycles. The third-order valence-electron chi connectivity index (χ3n) is 6.37. The fourth-order valence-electron chi connectivity index (χ4n) is 4.54. The first-order valence-corrected chi connectivity index (χ1v) is 11.2. The minimum absolute atomic E-state index is 0.0107. The van der Waals surface area contributed by atoms with E-state index < -0.39 is 0 Å². The fraction of sp³-hybridized carbons (Fsp3) is 0.609. The molecule has 0 aromatic carbocycles. The number of hydrogen-bond donors (Lipinski definition) is 0. The number of rotatable bonds is 5. The van der Waals surface area contributed by atoms with Crippen LogP contribution in [0.4, 0.5) is 5.82 Å². The van der Waals surface area contributed by atoms with Crippen LogP contribution in [0.25, 0.3) is 0 Å². The first-order chi connectivity index (χ1) is 14.7. The lowest BCUT2D eigenvalue weighted by Crippen LogP contribution is -2.38. The third-order valence-corrected chi connectivity index (χ3v) is 6.37. The smallest absolute Gasteiger partial charge is 0.257 e. The number of hydrogen-bond acceptors (Lipinski definition) is 5. The average Bonchev–Trinajstić information content (AvgIpc) is 3.33. The lowest BCUT2D eigenvalue weighted by Gasteiger charge is -2.30. The molecule has 166 valence electrons. The number of fused-ring (bicyclic) bond motifs is 1. The fourth-order valence-corrected chi connectivity index (χ4v) is 4.54. The summed E-state index contributed by atoms with van der Waals surface area (Å²) in [5.41, 5.74) is 3.44. The van der Waals surface area contributed by atoms with Crippen LogP contribution < -0.4 is 4.90 Å². The molecule has 31 heavy (non-hydrogen) atoms. The van der Waals surface area contributed by atoms with Gasteiger partial charge < -0.3 is 4.90 Å². The van der Waals surface area contributed by atoms with Crippen LogP contribution in [0.15, 0.2) is 6.20 Å². The van der Waals surface area contributed by atoms with Crippen LogP contribution in [0.3, 0.4) is 0 Å². The molecule has 8 heteroatoms. The highest BCUT2D eigenvalue weighted by molar-refractivity contribution is 5.96. The Hall–Kier alpha value is -2.77. The van der Waals surface area contributed by atoms with Gasteiger partial charge in [0.25, 0.3) is 5.91 Å². The number of likely N-dealkylation sites (tertiary alicyclic amines) is 1. The van der Waals surface area contributed by atoms with E-state index in [1.807, 2.05) is 30.7 Å². The molecule has 2 aromatic rings. The Morgan fingerprint density at radius 2 is 1.97 bits per heavy atom. The van der Waals surface area contributed by atoms with Crippen molar-refractivity contribution in [3.8, 4) is 0 Å². The van der Waals surface area contributed by atoms with Crippen molar-refractivity contribution in [2.75, 3.05) is 24.5 Å². The highest BCUT2D eigenvalue weighted by Gasteiger charge is 2.34. The number of carbonyl (C=O) groups excluding carboxylic acids is 2. The summed E-state index contributed by atoms with van der Waals surface area (Å²) in [6, 6.07) is 0. The molecular formula is C23H32N6O2. The average molecular weight is 425 g/mol. The molecule has 8 nitrogen and oxygen atoms in total. The maximum absolute atomic E-state index is 13.0. The van der Waals surface area contributed by atoms with Gasteiger partial charge in [0.2, 0.25) is 5.91 Å². The van der Waals surface area contributed by atoms with Gasteiger partial charge in [-0.25, -0.2) is 9.97 Å².